The lowest BCUT2D eigenvalue weighted by Gasteiger charge is -2.08. The van der Waals surface area contributed by atoms with Gasteiger partial charge in [-0.05, 0) is 35.0 Å². The summed E-state index contributed by atoms with van der Waals surface area (Å²) < 4.78 is 13.4. The van der Waals surface area contributed by atoms with Crippen molar-refractivity contribution in [1.82, 2.24) is 10.6 Å². The molecular formula is C11H13BrFN3O2. The number of nitrogens with one attached hydrogen (secondary N) is 2. The largest absolute Gasteiger partial charge is 0.396 e. The summed E-state index contributed by atoms with van der Waals surface area (Å²) in [4.78, 5) is 22.9. The number of anilines is 1. The van der Waals surface area contributed by atoms with E-state index in [1.807, 2.05) is 0 Å². The SMILES string of the molecule is CCNC(=O)CNC(=O)c1cc(N)c(F)cc1Br. The molecule has 18 heavy (non-hydrogen) atoms. The van der Waals surface area contributed by atoms with Gasteiger partial charge in [0.2, 0.25) is 5.91 Å². The number of benzene rings is 1. The first-order valence-electron chi connectivity index (χ1n) is 5.25. The Labute approximate surface area is 112 Å². The molecule has 0 heterocycles. The molecule has 0 aliphatic carbocycles. The molecule has 0 bridgehead atoms. The Morgan fingerprint density at radius 1 is 1.39 bits per heavy atom. The molecule has 1 aromatic carbocycles. The van der Waals surface area contributed by atoms with Gasteiger partial charge in [0.15, 0.2) is 0 Å². The van der Waals surface area contributed by atoms with Crippen molar-refractivity contribution >= 4 is 33.4 Å². The van der Waals surface area contributed by atoms with Crippen LogP contribution in [0.25, 0.3) is 0 Å². The van der Waals surface area contributed by atoms with Gasteiger partial charge in [-0.2, -0.15) is 0 Å². The average molecular weight is 318 g/mol. The van der Waals surface area contributed by atoms with E-state index in [4.69, 9.17) is 5.73 Å². The van der Waals surface area contributed by atoms with Crippen molar-refractivity contribution in [3.05, 3.63) is 28.0 Å². The van der Waals surface area contributed by atoms with Crippen LogP contribution in [-0.2, 0) is 4.79 Å². The number of halogens is 2. The Morgan fingerprint density at radius 2 is 2.06 bits per heavy atom. The summed E-state index contributed by atoms with van der Waals surface area (Å²) >= 11 is 3.06. The highest BCUT2D eigenvalue weighted by Gasteiger charge is 2.13. The summed E-state index contributed by atoms with van der Waals surface area (Å²) in [6.07, 6.45) is 0. The van der Waals surface area contributed by atoms with E-state index in [-0.39, 0.29) is 28.2 Å². The van der Waals surface area contributed by atoms with Gasteiger partial charge in [-0.1, -0.05) is 0 Å². The van der Waals surface area contributed by atoms with Crippen molar-refractivity contribution < 1.29 is 14.0 Å². The van der Waals surface area contributed by atoms with Crippen molar-refractivity contribution in [3.8, 4) is 0 Å². The molecule has 0 unspecified atom stereocenters. The Morgan fingerprint density at radius 3 is 2.67 bits per heavy atom. The van der Waals surface area contributed by atoms with Gasteiger partial charge in [-0.15, -0.1) is 0 Å². The Kier molecular flexibility index (Phi) is 5.08. The number of nitrogens with two attached hydrogens (primary N) is 1. The lowest BCUT2D eigenvalue weighted by molar-refractivity contribution is -0.120. The van der Waals surface area contributed by atoms with Crippen LogP contribution in [0.1, 0.15) is 17.3 Å². The monoisotopic (exact) mass is 317 g/mol. The summed E-state index contributed by atoms with van der Waals surface area (Å²) in [6.45, 7) is 2.12. The first-order chi connectivity index (χ1) is 8.45. The van der Waals surface area contributed by atoms with E-state index in [0.717, 1.165) is 6.07 Å². The quantitative estimate of drug-likeness (QED) is 0.725. The van der Waals surface area contributed by atoms with Gasteiger partial charge in [0.25, 0.3) is 5.91 Å². The van der Waals surface area contributed by atoms with Gasteiger partial charge in [-0.3, -0.25) is 9.59 Å². The van der Waals surface area contributed by atoms with Gasteiger partial charge in [0, 0.05) is 11.0 Å². The molecule has 0 fully saturated rings. The number of amides is 2. The predicted molar refractivity (Wildman–Crippen MR) is 69.5 cm³/mol. The number of rotatable bonds is 4. The maximum atomic E-state index is 13.1. The molecule has 7 heteroatoms. The number of carbonyl (C=O) groups excluding carboxylic acids is 2. The van der Waals surface area contributed by atoms with Crippen molar-refractivity contribution in [2.75, 3.05) is 18.8 Å². The van der Waals surface area contributed by atoms with E-state index >= 15 is 0 Å². The van der Waals surface area contributed by atoms with Crippen LogP contribution in [-0.4, -0.2) is 24.9 Å². The second-order valence-corrected chi connectivity index (χ2v) is 4.34. The van der Waals surface area contributed by atoms with Crippen molar-refractivity contribution in [2.45, 2.75) is 6.92 Å². The minimum atomic E-state index is -0.609. The number of hydrogen-bond donors (Lipinski definition) is 3. The van der Waals surface area contributed by atoms with Crippen molar-refractivity contribution in [2.24, 2.45) is 0 Å². The molecule has 0 radical (unpaired) electrons. The number of carbonyl (C=O) groups is 2. The fraction of sp³-hybridized carbons (Fsp3) is 0.273. The molecule has 0 saturated heterocycles. The normalized spacial score (nSPS) is 9.94. The molecule has 4 N–H and O–H groups in total. The molecule has 0 saturated carbocycles. The molecule has 0 spiro atoms. The smallest absolute Gasteiger partial charge is 0.252 e. The van der Waals surface area contributed by atoms with Crippen LogP contribution >= 0.6 is 15.9 Å². The number of likely N-dealkylation sites (N-methyl/N-ethyl adjacent to an activating group) is 1. The van der Waals surface area contributed by atoms with Crippen LogP contribution in [0, 0.1) is 5.82 Å². The van der Waals surface area contributed by atoms with Gasteiger partial charge in [0.05, 0.1) is 17.8 Å². The van der Waals surface area contributed by atoms with E-state index in [2.05, 4.69) is 26.6 Å². The first kappa shape index (κ1) is 14.4. The highest BCUT2D eigenvalue weighted by atomic mass is 79.9. The first-order valence-corrected chi connectivity index (χ1v) is 6.04. The highest BCUT2D eigenvalue weighted by Crippen LogP contribution is 2.22. The minimum absolute atomic E-state index is 0.124. The fourth-order valence-corrected chi connectivity index (χ4v) is 1.75. The zero-order valence-electron chi connectivity index (χ0n) is 9.72. The third kappa shape index (κ3) is 3.69. The fourth-order valence-electron chi connectivity index (χ4n) is 1.26. The predicted octanol–water partition coefficient (Wildman–Crippen LogP) is 1.04. The van der Waals surface area contributed by atoms with Gasteiger partial charge in [-0.25, -0.2) is 4.39 Å². The van der Waals surface area contributed by atoms with E-state index in [1.54, 1.807) is 6.92 Å². The van der Waals surface area contributed by atoms with E-state index in [1.165, 1.54) is 6.07 Å². The third-order valence-corrected chi connectivity index (χ3v) is 2.77. The standard InChI is InChI=1S/C11H13BrFN3O2/c1-2-15-10(17)5-16-11(18)6-3-9(14)8(13)4-7(6)12/h3-4H,2,5,14H2,1H3,(H,15,17)(H,16,18). The molecular weight excluding hydrogens is 305 g/mol. The summed E-state index contributed by atoms with van der Waals surface area (Å²) in [6, 6.07) is 2.32. The average Bonchev–Trinajstić information content (AvgIpc) is 2.31. The summed E-state index contributed by atoms with van der Waals surface area (Å²) in [5.41, 5.74) is 5.43. The maximum absolute atomic E-state index is 13.1. The second kappa shape index (κ2) is 6.34. The van der Waals surface area contributed by atoms with Crippen LogP contribution in [0.15, 0.2) is 16.6 Å². The van der Waals surface area contributed by atoms with E-state index in [0.29, 0.717) is 6.54 Å². The number of hydrogen-bond acceptors (Lipinski definition) is 3. The van der Waals surface area contributed by atoms with E-state index in [9.17, 15) is 14.0 Å². The molecule has 0 aliphatic heterocycles. The molecule has 0 aromatic heterocycles. The molecule has 1 aromatic rings. The van der Waals surface area contributed by atoms with Crippen LogP contribution in [0.5, 0.6) is 0 Å². The Hall–Kier alpha value is -1.63. The van der Waals surface area contributed by atoms with Gasteiger partial charge < -0.3 is 16.4 Å². The van der Waals surface area contributed by atoms with Crippen molar-refractivity contribution in [1.29, 1.82) is 0 Å². The lowest BCUT2D eigenvalue weighted by atomic mass is 10.2. The lowest BCUT2D eigenvalue weighted by Crippen LogP contribution is -2.36. The zero-order chi connectivity index (χ0) is 13.7. The maximum Gasteiger partial charge on any atom is 0.252 e. The van der Waals surface area contributed by atoms with E-state index < -0.39 is 11.7 Å². The molecule has 1 rings (SSSR count). The molecule has 5 nitrogen and oxygen atoms in total. The second-order valence-electron chi connectivity index (χ2n) is 3.49. The van der Waals surface area contributed by atoms with Crippen molar-refractivity contribution in [3.63, 3.8) is 0 Å². The molecule has 0 aliphatic rings. The molecule has 0 atom stereocenters. The summed E-state index contributed by atoms with van der Waals surface area (Å²) in [5, 5.41) is 4.95. The number of nitrogen functional groups attached to an aromatic ring is 1. The third-order valence-electron chi connectivity index (χ3n) is 2.11. The summed E-state index contributed by atoms with van der Waals surface area (Å²) in [7, 11) is 0. The Balaban J connectivity index is 2.73. The minimum Gasteiger partial charge on any atom is -0.396 e. The highest BCUT2D eigenvalue weighted by molar-refractivity contribution is 9.10. The molecule has 2 amide bonds. The van der Waals surface area contributed by atoms with Crippen LogP contribution < -0.4 is 16.4 Å². The zero-order valence-corrected chi connectivity index (χ0v) is 11.3. The van der Waals surface area contributed by atoms with Crippen LogP contribution in [0.3, 0.4) is 0 Å². The topological polar surface area (TPSA) is 84.2 Å². The Bertz CT molecular complexity index is 480. The van der Waals surface area contributed by atoms with Gasteiger partial charge >= 0.3 is 0 Å². The molecule has 98 valence electrons. The summed E-state index contributed by atoms with van der Waals surface area (Å²) in [5.74, 6) is -1.40. The van der Waals surface area contributed by atoms with Crippen LogP contribution in [0.2, 0.25) is 0 Å². The van der Waals surface area contributed by atoms with Crippen LogP contribution in [0.4, 0.5) is 10.1 Å². The van der Waals surface area contributed by atoms with Gasteiger partial charge in [0.1, 0.15) is 5.82 Å².